The van der Waals surface area contributed by atoms with Crippen molar-refractivity contribution in [1.29, 1.82) is 5.26 Å². The topological polar surface area (TPSA) is 79.5 Å². The predicted molar refractivity (Wildman–Crippen MR) is 147 cm³/mol. The van der Waals surface area contributed by atoms with E-state index in [1.165, 1.54) is 5.84 Å². The third-order valence-corrected chi connectivity index (χ3v) is 9.38. The maximum absolute atomic E-state index is 10.3. The average molecular weight is 533 g/mol. The van der Waals surface area contributed by atoms with Crippen LogP contribution in [0.4, 0.5) is 0 Å². The minimum absolute atomic E-state index is 0.0405. The van der Waals surface area contributed by atoms with Crippen LogP contribution in [0.3, 0.4) is 0 Å². The van der Waals surface area contributed by atoms with Gasteiger partial charge in [-0.05, 0) is 62.9 Å². The van der Waals surface area contributed by atoms with E-state index in [-0.39, 0.29) is 28.7 Å². The summed E-state index contributed by atoms with van der Waals surface area (Å²) in [5.41, 5.74) is -0.207. The zero-order valence-electron chi connectivity index (χ0n) is 23.1. The number of fused-ring (bicyclic) bond motifs is 1. The monoisotopic (exact) mass is 532 g/mol. The van der Waals surface area contributed by atoms with Gasteiger partial charge in [-0.15, -0.1) is 11.8 Å². The van der Waals surface area contributed by atoms with Crippen LogP contribution in [0.2, 0.25) is 0 Å². The van der Waals surface area contributed by atoms with Crippen molar-refractivity contribution in [3.63, 3.8) is 0 Å². The van der Waals surface area contributed by atoms with Crippen molar-refractivity contribution in [2.75, 3.05) is 73.0 Å². The molecule has 206 valence electrons. The largest absolute Gasteiger partial charge is 0.493 e. The third-order valence-electron chi connectivity index (χ3n) is 8.17. The van der Waals surface area contributed by atoms with Gasteiger partial charge in [-0.2, -0.15) is 5.26 Å². The second-order valence-corrected chi connectivity index (χ2v) is 12.3. The first-order valence-corrected chi connectivity index (χ1v) is 14.6. The molecular formula is C28H44N4O4S. The number of allylic oxidation sites excluding steroid dienone is 2. The number of ether oxygens (including phenoxy) is 4. The molecule has 2 fully saturated rings. The van der Waals surface area contributed by atoms with Gasteiger partial charge in [0.2, 0.25) is 0 Å². The molecule has 4 aliphatic rings. The Morgan fingerprint density at radius 2 is 1.92 bits per heavy atom. The molecule has 0 N–H and O–H groups in total. The minimum atomic E-state index is -0.207. The fourth-order valence-corrected chi connectivity index (χ4v) is 7.36. The second-order valence-electron chi connectivity index (χ2n) is 11.1. The van der Waals surface area contributed by atoms with E-state index < -0.39 is 0 Å². The molecule has 0 aromatic heterocycles. The molecule has 3 aliphatic heterocycles. The van der Waals surface area contributed by atoms with E-state index in [1.54, 1.807) is 21.3 Å². The van der Waals surface area contributed by atoms with Crippen LogP contribution in [0, 0.1) is 35.0 Å². The van der Waals surface area contributed by atoms with E-state index in [0.717, 1.165) is 75.9 Å². The Morgan fingerprint density at radius 1 is 1.16 bits per heavy atom. The SMILES string of the molecule is COCCN1CCN(C2=NC(SCCC3C=C(OC)C(OC)=CC3)C(C#N)C3CC(C)(C)OCC23)CC1. The molecule has 0 spiro atoms. The van der Waals surface area contributed by atoms with Crippen LogP contribution in [-0.2, 0) is 18.9 Å². The maximum atomic E-state index is 10.3. The number of nitrogens with zero attached hydrogens (tertiary/aromatic N) is 4. The third kappa shape index (κ3) is 6.83. The van der Waals surface area contributed by atoms with Crippen LogP contribution in [-0.4, -0.2) is 99.6 Å². The fraction of sp³-hybridized carbons (Fsp3) is 0.786. The van der Waals surface area contributed by atoms with E-state index in [9.17, 15) is 5.26 Å². The highest BCUT2D eigenvalue weighted by Gasteiger charge is 2.49. The van der Waals surface area contributed by atoms with Crippen molar-refractivity contribution in [2.24, 2.45) is 28.7 Å². The van der Waals surface area contributed by atoms with E-state index in [2.05, 4.69) is 41.9 Å². The summed E-state index contributed by atoms with van der Waals surface area (Å²) in [7, 11) is 5.13. The number of aliphatic imine (C=N–C) groups is 1. The van der Waals surface area contributed by atoms with Gasteiger partial charge >= 0.3 is 0 Å². The Balaban J connectivity index is 1.46. The summed E-state index contributed by atoms with van der Waals surface area (Å²) in [5, 5.41) is 10.3. The van der Waals surface area contributed by atoms with Crippen LogP contribution in [0.5, 0.6) is 0 Å². The molecule has 2 saturated heterocycles. The quantitative estimate of drug-likeness (QED) is 0.444. The first-order chi connectivity index (χ1) is 17.9. The van der Waals surface area contributed by atoms with Crippen molar-refractivity contribution < 1.29 is 18.9 Å². The molecule has 5 atom stereocenters. The predicted octanol–water partition coefficient (Wildman–Crippen LogP) is 3.76. The molecule has 9 heteroatoms. The molecule has 0 saturated carbocycles. The van der Waals surface area contributed by atoms with Gasteiger partial charge in [0.05, 0.1) is 45.0 Å². The highest BCUT2D eigenvalue weighted by Crippen LogP contribution is 2.45. The highest BCUT2D eigenvalue weighted by molar-refractivity contribution is 7.99. The highest BCUT2D eigenvalue weighted by atomic mass is 32.2. The fourth-order valence-electron chi connectivity index (χ4n) is 6.02. The summed E-state index contributed by atoms with van der Waals surface area (Å²) in [4.78, 5) is 10.2. The molecule has 0 bridgehead atoms. The Labute approximate surface area is 227 Å². The van der Waals surface area contributed by atoms with Gasteiger partial charge in [0.15, 0.2) is 11.5 Å². The standard InChI is InChI=1S/C28H44N4O4S/c1-28(2)17-21-22(18-29)27(37-15-8-20-6-7-24(34-4)25(16-20)35-5)30-26(23(21)19-36-28)32-11-9-31(10-12-32)13-14-33-3/h7,16,20-23,27H,6,8-15,17,19H2,1-5H3. The summed E-state index contributed by atoms with van der Waals surface area (Å²) >= 11 is 1.85. The lowest BCUT2D eigenvalue weighted by Gasteiger charge is -2.49. The van der Waals surface area contributed by atoms with Crippen LogP contribution in [0.1, 0.15) is 33.1 Å². The van der Waals surface area contributed by atoms with Crippen molar-refractivity contribution in [3.8, 4) is 6.07 Å². The van der Waals surface area contributed by atoms with E-state index in [1.807, 2.05) is 11.8 Å². The molecule has 8 nitrogen and oxygen atoms in total. The summed E-state index contributed by atoms with van der Waals surface area (Å²) in [6.45, 7) is 10.6. The van der Waals surface area contributed by atoms with Crippen LogP contribution < -0.4 is 0 Å². The van der Waals surface area contributed by atoms with Crippen molar-refractivity contribution in [1.82, 2.24) is 9.80 Å². The number of hydrogen-bond donors (Lipinski definition) is 0. The molecule has 5 unspecified atom stereocenters. The van der Waals surface area contributed by atoms with E-state index in [0.29, 0.717) is 12.5 Å². The van der Waals surface area contributed by atoms with Crippen LogP contribution >= 0.6 is 11.8 Å². The van der Waals surface area contributed by atoms with Gasteiger partial charge in [0.25, 0.3) is 0 Å². The number of thioether (sulfide) groups is 1. The Kier molecular flexibility index (Phi) is 9.84. The van der Waals surface area contributed by atoms with Crippen LogP contribution in [0.15, 0.2) is 28.7 Å². The number of nitriles is 1. The molecule has 3 heterocycles. The normalized spacial score (nSPS) is 31.9. The number of rotatable bonds is 9. The molecule has 0 aromatic carbocycles. The molecule has 1 aliphatic carbocycles. The average Bonchev–Trinajstić information content (AvgIpc) is 2.91. The molecule has 37 heavy (non-hydrogen) atoms. The summed E-state index contributed by atoms with van der Waals surface area (Å²) in [6.07, 6.45) is 7.15. The first-order valence-electron chi connectivity index (χ1n) is 13.6. The molecular weight excluding hydrogens is 488 g/mol. The van der Waals surface area contributed by atoms with Crippen molar-refractivity contribution in [3.05, 3.63) is 23.7 Å². The zero-order valence-corrected chi connectivity index (χ0v) is 24.0. The molecule has 0 aromatic rings. The minimum Gasteiger partial charge on any atom is -0.493 e. The summed E-state index contributed by atoms with van der Waals surface area (Å²) in [5.74, 6) is 4.53. The lowest BCUT2D eigenvalue weighted by molar-refractivity contribution is -0.0988. The Bertz CT molecular complexity index is 906. The second kappa shape index (κ2) is 12.9. The molecule has 0 amide bonds. The Morgan fingerprint density at radius 3 is 2.59 bits per heavy atom. The molecule has 0 radical (unpaired) electrons. The smallest absolute Gasteiger partial charge is 0.156 e. The zero-order chi connectivity index (χ0) is 26.4. The van der Waals surface area contributed by atoms with Gasteiger partial charge in [-0.25, -0.2) is 0 Å². The van der Waals surface area contributed by atoms with Crippen molar-refractivity contribution in [2.45, 2.75) is 44.1 Å². The first kappa shape index (κ1) is 28.3. The lowest BCUT2D eigenvalue weighted by atomic mass is 9.71. The van der Waals surface area contributed by atoms with Gasteiger partial charge in [-0.3, -0.25) is 9.89 Å². The summed E-state index contributed by atoms with van der Waals surface area (Å²) < 4.78 is 22.5. The maximum Gasteiger partial charge on any atom is 0.156 e. The van der Waals surface area contributed by atoms with Gasteiger partial charge < -0.3 is 23.8 Å². The number of amidine groups is 1. The number of hydrogen-bond acceptors (Lipinski definition) is 9. The van der Waals surface area contributed by atoms with Gasteiger partial charge in [0, 0.05) is 45.8 Å². The number of piperazine rings is 1. The van der Waals surface area contributed by atoms with Gasteiger partial charge in [-0.1, -0.05) is 0 Å². The molecule has 4 rings (SSSR count). The van der Waals surface area contributed by atoms with Crippen LogP contribution in [0.25, 0.3) is 0 Å². The van der Waals surface area contributed by atoms with Crippen molar-refractivity contribution >= 4 is 17.6 Å². The Hall–Kier alpha value is -1.73. The summed E-state index contributed by atoms with van der Waals surface area (Å²) in [6, 6.07) is 2.68. The van der Waals surface area contributed by atoms with Gasteiger partial charge in [0.1, 0.15) is 11.2 Å². The number of methoxy groups -OCH3 is 3. The van der Waals surface area contributed by atoms with E-state index >= 15 is 0 Å². The lowest BCUT2D eigenvalue weighted by Crippen LogP contribution is -2.57. The van der Waals surface area contributed by atoms with E-state index in [4.69, 9.17) is 23.9 Å².